The minimum atomic E-state index is -4.15. The molecule has 0 amide bonds. The average Bonchev–Trinajstić information content (AvgIpc) is 2.62. The first-order valence-electron chi connectivity index (χ1n) is 7.05. The zero-order valence-corrected chi connectivity index (χ0v) is 16.3. The number of nitrogens with one attached hydrogen (secondary N) is 1. The Hall–Kier alpha value is -2.16. The Balaban J connectivity index is 2.51. The summed E-state index contributed by atoms with van der Waals surface area (Å²) in [6.07, 6.45) is 0. The van der Waals surface area contributed by atoms with E-state index in [2.05, 4.69) is 9.46 Å². The monoisotopic (exact) mass is 419 g/mol. The molecular formula is C16H15Cl2NO6S. The molecule has 0 fully saturated rings. The van der Waals surface area contributed by atoms with Gasteiger partial charge in [-0.25, -0.2) is 13.2 Å². The zero-order chi connectivity index (χ0) is 19.5. The molecule has 2 rings (SSSR count). The van der Waals surface area contributed by atoms with E-state index in [0.29, 0.717) is 0 Å². The minimum Gasteiger partial charge on any atom is -0.495 e. The molecule has 0 heterocycles. The number of anilines is 1. The molecule has 0 spiro atoms. The summed E-state index contributed by atoms with van der Waals surface area (Å²) >= 11 is 12.0. The minimum absolute atomic E-state index is 0.0397. The van der Waals surface area contributed by atoms with E-state index in [1.165, 1.54) is 45.6 Å². The van der Waals surface area contributed by atoms with Crippen molar-refractivity contribution in [2.24, 2.45) is 0 Å². The Bertz CT molecular complexity index is 946. The molecule has 2 aromatic carbocycles. The van der Waals surface area contributed by atoms with Crippen molar-refractivity contribution in [1.29, 1.82) is 0 Å². The Labute approximate surface area is 160 Å². The SMILES string of the molecule is COC(=O)c1ccc(Cl)c(S(=O)(=O)Nc2cc(OC)c(Cl)cc2OC)c1. The summed E-state index contributed by atoms with van der Waals surface area (Å²) in [6, 6.07) is 6.55. The number of carbonyl (C=O) groups excluding carboxylic acids is 1. The van der Waals surface area contributed by atoms with E-state index in [9.17, 15) is 13.2 Å². The number of hydrogen-bond acceptors (Lipinski definition) is 6. The van der Waals surface area contributed by atoms with Gasteiger partial charge in [-0.05, 0) is 18.2 Å². The molecule has 0 aliphatic heterocycles. The van der Waals surface area contributed by atoms with Crippen LogP contribution in [0.2, 0.25) is 10.0 Å². The Morgan fingerprint density at radius 3 is 2.19 bits per heavy atom. The van der Waals surface area contributed by atoms with Gasteiger partial charge >= 0.3 is 5.97 Å². The fourth-order valence-electron chi connectivity index (χ4n) is 2.09. The van der Waals surface area contributed by atoms with Crippen LogP contribution in [-0.4, -0.2) is 35.7 Å². The van der Waals surface area contributed by atoms with Gasteiger partial charge in [0.25, 0.3) is 10.0 Å². The van der Waals surface area contributed by atoms with Crippen molar-refractivity contribution in [3.8, 4) is 11.5 Å². The molecular weight excluding hydrogens is 405 g/mol. The zero-order valence-electron chi connectivity index (χ0n) is 14.0. The second kappa shape index (κ2) is 8.03. The summed E-state index contributed by atoms with van der Waals surface area (Å²) in [5, 5.41) is 0.183. The largest absolute Gasteiger partial charge is 0.495 e. The highest BCUT2D eigenvalue weighted by atomic mass is 35.5. The topological polar surface area (TPSA) is 90.9 Å². The van der Waals surface area contributed by atoms with Crippen LogP contribution in [0.4, 0.5) is 5.69 Å². The molecule has 0 radical (unpaired) electrons. The summed E-state index contributed by atoms with van der Waals surface area (Å²) in [5.74, 6) is -0.261. The fourth-order valence-corrected chi connectivity index (χ4v) is 3.91. The number of carbonyl (C=O) groups is 1. The van der Waals surface area contributed by atoms with E-state index in [1.54, 1.807) is 0 Å². The van der Waals surface area contributed by atoms with Crippen LogP contribution in [0.25, 0.3) is 0 Å². The highest BCUT2D eigenvalue weighted by Gasteiger charge is 2.23. The van der Waals surface area contributed by atoms with Crippen LogP contribution >= 0.6 is 23.2 Å². The molecule has 0 aliphatic carbocycles. The van der Waals surface area contributed by atoms with E-state index in [0.717, 1.165) is 6.07 Å². The van der Waals surface area contributed by atoms with Gasteiger partial charge < -0.3 is 14.2 Å². The predicted molar refractivity (Wildman–Crippen MR) is 98.2 cm³/mol. The molecule has 26 heavy (non-hydrogen) atoms. The van der Waals surface area contributed by atoms with Crippen LogP contribution in [0.5, 0.6) is 11.5 Å². The van der Waals surface area contributed by atoms with Crippen molar-refractivity contribution in [1.82, 2.24) is 0 Å². The standard InChI is InChI=1S/C16H15Cl2NO6S/c1-23-13-8-12(14(24-2)7-11(13)18)19-26(21,22)15-6-9(16(20)25-3)4-5-10(15)17/h4-8,19H,1-3H3. The van der Waals surface area contributed by atoms with Crippen LogP contribution in [0.15, 0.2) is 35.2 Å². The van der Waals surface area contributed by atoms with Gasteiger partial charge in [0.2, 0.25) is 0 Å². The number of ether oxygens (including phenoxy) is 3. The van der Waals surface area contributed by atoms with Crippen molar-refractivity contribution in [3.05, 3.63) is 45.9 Å². The van der Waals surface area contributed by atoms with E-state index < -0.39 is 16.0 Å². The van der Waals surface area contributed by atoms with Gasteiger partial charge in [-0.15, -0.1) is 0 Å². The molecule has 10 heteroatoms. The number of benzene rings is 2. The Kier molecular flexibility index (Phi) is 6.22. The van der Waals surface area contributed by atoms with E-state index in [4.69, 9.17) is 32.7 Å². The average molecular weight is 420 g/mol. The molecule has 0 aliphatic rings. The number of hydrogen-bond donors (Lipinski definition) is 1. The van der Waals surface area contributed by atoms with Crippen LogP contribution in [-0.2, 0) is 14.8 Å². The smallest absolute Gasteiger partial charge is 0.337 e. The van der Waals surface area contributed by atoms with Gasteiger partial charge in [-0.2, -0.15) is 0 Å². The quantitative estimate of drug-likeness (QED) is 0.719. The number of rotatable bonds is 6. The summed E-state index contributed by atoms with van der Waals surface area (Å²) in [4.78, 5) is 11.4. The lowest BCUT2D eigenvalue weighted by atomic mass is 10.2. The lowest BCUT2D eigenvalue weighted by molar-refractivity contribution is 0.0600. The first-order chi connectivity index (χ1) is 12.2. The Morgan fingerprint density at radius 1 is 0.962 bits per heavy atom. The molecule has 140 valence electrons. The van der Waals surface area contributed by atoms with Crippen molar-refractivity contribution in [3.63, 3.8) is 0 Å². The number of sulfonamides is 1. The summed E-state index contributed by atoms with van der Waals surface area (Å²) in [5.41, 5.74) is 0.131. The van der Waals surface area contributed by atoms with Gasteiger partial charge in [0.15, 0.2) is 0 Å². The third-order valence-electron chi connectivity index (χ3n) is 3.36. The van der Waals surface area contributed by atoms with Crippen LogP contribution in [0.3, 0.4) is 0 Å². The van der Waals surface area contributed by atoms with Crippen molar-refractivity contribution >= 4 is 44.9 Å². The molecule has 7 nitrogen and oxygen atoms in total. The molecule has 0 saturated heterocycles. The highest BCUT2D eigenvalue weighted by molar-refractivity contribution is 7.92. The van der Waals surface area contributed by atoms with Gasteiger partial charge in [0, 0.05) is 12.1 Å². The van der Waals surface area contributed by atoms with Crippen LogP contribution in [0.1, 0.15) is 10.4 Å². The molecule has 0 unspecified atom stereocenters. The van der Waals surface area contributed by atoms with Crippen LogP contribution < -0.4 is 14.2 Å². The second-order valence-electron chi connectivity index (χ2n) is 4.93. The summed E-state index contributed by atoms with van der Waals surface area (Å²) < 4.78 is 42.7. The lowest BCUT2D eigenvalue weighted by Crippen LogP contribution is -2.15. The maximum atomic E-state index is 12.8. The van der Waals surface area contributed by atoms with Crippen molar-refractivity contribution in [2.45, 2.75) is 4.90 Å². The normalized spacial score (nSPS) is 11.0. The van der Waals surface area contributed by atoms with Gasteiger partial charge in [-0.3, -0.25) is 4.72 Å². The first-order valence-corrected chi connectivity index (χ1v) is 9.29. The molecule has 0 bridgehead atoms. The lowest BCUT2D eigenvalue weighted by Gasteiger charge is -2.15. The third kappa shape index (κ3) is 4.14. The van der Waals surface area contributed by atoms with Crippen LogP contribution in [0, 0.1) is 0 Å². The van der Waals surface area contributed by atoms with Gasteiger partial charge in [0.05, 0.1) is 42.6 Å². The highest BCUT2D eigenvalue weighted by Crippen LogP contribution is 2.37. The van der Waals surface area contributed by atoms with E-state index >= 15 is 0 Å². The van der Waals surface area contributed by atoms with Crippen molar-refractivity contribution < 1.29 is 27.4 Å². The number of halogens is 2. The predicted octanol–water partition coefficient (Wildman–Crippen LogP) is 3.60. The maximum absolute atomic E-state index is 12.8. The maximum Gasteiger partial charge on any atom is 0.337 e. The summed E-state index contributed by atoms with van der Waals surface area (Å²) in [6.45, 7) is 0. The summed E-state index contributed by atoms with van der Waals surface area (Å²) in [7, 11) is -0.205. The number of esters is 1. The van der Waals surface area contributed by atoms with Gasteiger partial charge in [-0.1, -0.05) is 23.2 Å². The molecule has 0 saturated carbocycles. The van der Waals surface area contributed by atoms with E-state index in [-0.39, 0.29) is 37.7 Å². The molecule has 0 atom stereocenters. The fraction of sp³-hybridized carbons (Fsp3) is 0.188. The van der Waals surface area contributed by atoms with Gasteiger partial charge in [0.1, 0.15) is 16.4 Å². The molecule has 1 N–H and O–H groups in total. The second-order valence-corrected chi connectivity index (χ2v) is 7.39. The Morgan fingerprint density at radius 2 is 1.62 bits per heavy atom. The number of methoxy groups -OCH3 is 3. The molecule has 2 aromatic rings. The molecule has 0 aromatic heterocycles. The third-order valence-corrected chi connectivity index (χ3v) is 5.50. The first kappa shape index (κ1) is 20.2. The van der Waals surface area contributed by atoms with E-state index in [1.807, 2.05) is 0 Å². The van der Waals surface area contributed by atoms with Crippen molar-refractivity contribution in [2.75, 3.05) is 26.1 Å².